The van der Waals surface area contributed by atoms with Crippen LogP contribution in [0, 0.1) is 0 Å². The molecule has 0 aliphatic rings. The summed E-state index contributed by atoms with van der Waals surface area (Å²) in [5, 5.41) is 12.9. The lowest BCUT2D eigenvalue weighted by molar-refractivity contribution is -0.115. The highest BCUT2D eigenvalue weighted by atomic mass is 32.1. The van der Waals surface area contributed by atoms with Crippen LogP contribution in [0.25, 0.3) is 0 Å². The summed E-state index contributed by atoms with van der Waals surface area (Å²) in [5.41, 5.74) is 5.42. The molecule has 6 heteroatoms. The molecule has 1 amide bonds. The van der Waals surface area contributed by atoms with Crippen molar-refractivity contribution >= 4 is 28.1 Å². The average molecular weight is 404 g/mol. The van der Waals surface area contributed by atoms with Crippen LogP contribution in [0.5, 0.6) is 0 Å². The number of nitrogens with one attached hydrogen (secondary N) is 1. The number of rotatable bonds is 9. The topological polar surface area (TPSA) is 88.2 Å². The highest BCUT2D eigenvalue weighted by molar-refractivity contribution is 7.13. The molecule has 0 aliphatic heterocycles. The quantitative estimate of drug-likeness (QED) is 0.495. The summed E-state index contributed by atoms with van der Waals surface area (Å²) in [4.78, 5) is 16.3. The maximum Gasteiger partial charge on any atom is 0.230 e. The number of amides is 1. The molecule has 0 fully saturated rings. The minimum Gasteiger partial charge on any atom is -0.388 e. The highest BCUT2D eigenvalue weighted by Gasteiger charge is 2.08. The molecule has 5 nitrogen and oxygen atoms in total. The number of carbonyl (C=O) groups excluding carboxylic acids is 1. The molecule has 0 unspecified atom stereocenters. The SMILES string of the molecule is [2H]c1sc(N)nc1CC(=O)Nc1c([2H])c([2H])c(CC([2H])([2H])CC[C@]([2H])(O)c2ccccc2)c([2H])c1[2H]. The van der Waals surface area contributed by atoms with Gasteiger partial charge in [0.25, 0.3) is 0 Å². The van der Waals surface area contributed by atoms with Crippen LogP contribution in [0.1, 0.15) is 53.1 Å². The Hall–Kier alpha value is -2.70. The molecule has 0 spiro atoms. The Balaban J connectivity index is 1.77. The Morgan fingerprint density at radius 2 is 2.07 bits per heavy atom. The molecule has 1 aromatic heterocycles. The highest BCUT2D eigenvalue weighted by Crippen LogP contribution is 2.20. The van der Waals surface area contributed by atoms with Crippen LogP contribution in [-0.4, -0.2) is 16.0 Å². The van der Waals surface area contributed by atoms with Crippen LogP contribution >= 0.6 is 11.3 Å². The number of nitrogens with two attached hydrogens (primary N) is 1. The van der Waals surface area contributed by atoms with Gasteiger partial charge in [0.15, 0.2) is 5.13 Å². The third-order valence-corrected chi connectivity index (χ3v) is 4.37. The number of benzene rings is 2. The number of aromatic nitrogens is 1. The van der Waals surface area contributed by atoms with Gasteiger partial charge in [0.1, 0.15) is 0 Å². The summed E-state index contributed by atoms with van der Waals surface area (Å²) in [6.45, 7) is 0. The number of thiazole rings is 1. The summed E-state index contributed by atoms with van der Waals surface area (Å²) in [6.07, 6.45) is -5.42. The predicted molar refractivity (Wildman–Crippen MR) is 114 cm³/mol. The molecule has 1 heterocycles. The van der Waals surface area contributed by atoms with Crippen molar-refractivity contribution in [1.82, 2.24) is 4.98 Å². The summed E-state index contributed by atoms with van der Waals surface area (Å²) < 4.78 is 65.7. The van der Waals surface area contributed by atoms with Crippen molar-refractivity contribution in [3.63, 3.8) is 0 Å². The summed E-state index contributed by atoms with van der Waals surface area (Å²) in [7, 11) is 0. The van der Waals surface area contributed by atoms with Crippen molar-refractivity contribution in [3.8, 4) is 0 Å². The van der Waals surface area contributed by atoms with Crippen LogP contribution in [-0.2, 0) is 17.6 Å². The van der Waals surface area contributed by atoms with Gasteiger partial charge in [0.2, 0.25) is 5.91 Å². The standard InChI is InChI=1S/C22H25N3O2S/c23-22-25-19(15-28-22)14-21(27)24-18-12-10-16(11-13-18)6-4-5-9-20(26)17-7-2-1-3-8-17/h1-3,7-8,10-13,15,20,26H,4-6,9,14H2,(H2,23,25)(H,24,27)/t20-/m0/s1/i4D2,10D,11D,12D,13D,15D,20D. The summed E-state index contributed by atoms with van der Waals surface area (Å²) in [5.74, 6) is -0.701. The van der Waals surface area contributed by atoms with Crippen molar-refractivity contribution < 1.29 is 20.9 Å². The van der Waals surface area contributed by atoms with Gasteiger partial charge in [-0.2, -0.15) is 0 Å². The maximum absolute atomic E-state index is 12.4. The minimum atomic E-state index is -2.05. The minimum absolute atomic E-state index is 0.00614. The molecule has 1 atom stereocenters. The molecule has 0 aliphatic carbocycles. The number of nitrogens with zero attached hydrogens (tertiary/aromatic N) is 1. The zero-order valence-electron chi connectivity index (χ0n) is 23.0. The molecule has 2 aromatic carbocycles. The van der Waals surface area contributed by atoms with Gasteiger partial charge in [-0.25, -0.2) is 4.98 Å². The molecule has 3 rings (SSSR count). The van der Waals surface area contributed by atoms with E-state index in [4.69, 9.17) is 16.7 Å². The van der Waals surface area contributed by atoms with Gasteiger partial charge in [-0.15, -0.1) is 11.3 Å². The van der Waals surface area contributed by atoms with Gasteiger partial charge in [-0.1, -0.05) is 48.8 Å². The fourth-order valence-electron chi connectivity index (χ4n) is 2.39. The lowest BCUT2D eigenvalue weighted by Gasteiger charge is -2.10. The van der Waals surface area contributed by atoms with Gasteiger partial charge in [-0.05, 0) is 42.4 Å². The molecular formula is C22H25N3O2S. The van der Waals surface area contributed by atoms with Crippen LogP contribution in [0.2, 0.25) is 0 Å². The van der Waals surface area contributed by atoms with Gasteiger partial charge in [0.05, 0.1) is 26.4 Å². The van der Waals surface area contributed by atoms with Crippen molar-refractivity contribution in [1.29, 1.82) is 0 Å². The Morgan fingerprint density at radius 1 is 1.32 bits per heavy atom. The van der Waals surface area contributed by atoms with E-state index in [0.29, 0.717) is 5.56 Å². The fraction of sp³-hybridized carbons (Fsp3) is 0.273. The number of hydrogen-bond acceptors (Lipinski definition) is 5. The third-order valence-electron chi connectivity index (χ3n) is 3.74. The van der Waals surface area contributed by atoms with E-state index in [9.17, 15) is 9.90 Å². The first-order valence-corrected chi connectivity index (χ1v) is 9.42. The first-order chi connectivity index (χ1) is 16.7. The largest absolute Gasteiger partial charge is 0.388 e. The molecular weight excluding hydrogens is 370 g/mol. The Labute approximate surface area is 180 Å². The first kappa shape index (κ1) is 12.0. The smallest absolute Gasteiger partial charge is 0.230 e. The van der Waals surface area contributed by atoms with Gasteiger partial charge >= 0.3 is 0 Å². The number of aliphatic hydroxyl groups is 1. The van der Waals surface area contributed by atoms with Crippen LogP contribution in [0.15, 0.2) is 59.9 Å². The second-order valence-corrected chi connectivity index (χ2v) is 6.75. The third kappa shape index (κ3) is 6.18. The number of hydrogen-bond donors (Lipinski definition) is 3. The van der Waals surface area contributed by atoms with Gasteiger partial charge in [0, 0.05) is 13.8 Å². The zero-order valence-corrected chi connectivity index (χ0v) is 15.8. The van der Waals surface area contributed by atoms with Crippen molar-refractivity contribution in [2.45, 2.75) is 38.1 Å². The summed E-state index contributed by atoms with van der Waals surface area (Å²) in [6, 6.07) is 6.09. The fourth-order valence-corrected chi connectivity index (χ4v) is 2.88. The molecule has 28 heavy (non-hydrogen) atoms. The Morgan fingerprint density at radius 3 is 2.75 bits per heavy atom. The molecule has 3 aromatic rings. The summed E-state index contributed by atoms with van der Waals surface area (Å²) >= 11 is 0.896. The normalized spacial score (nSPS) is 17.6. The van der Waals surface area contributed by atoms with E-state index >= 15 is 0 Å². The molecule has 0 saturated heterocycles. The maximum atomic E-state index is 12.4. The van der Waals surface area contributed by atoms with Crippen LogP contribution in [0.4, 0.5) is 10.8 Å². The van der Waals surface area contributed by atoms with Crippen molar-refractivity contribution in [3.05, 3.63) is 76.7 Å². The number of carbonyl (C=O) groups is 1. The molecule has 0 saturated carbocycles. The number of anilines is 2. The van der Waals surface area contributed by atoms with Gasteiger partial charge < -0.3 is 16.2 Å². The average Bonchev–Trinajstić information content (AvgIpc) is 3.14. The van der Waals surface area contributed by atoms with E-state index in [1.54, 1.807) is 30.3 Å². The van der Waals surface area contributed by atoms with Crippen molar-refractivity contribution in [2.24, 2.45) is 0 Å². The van der Waals surface area contributed by atoms with E-state index in [1.807, 2.05) is 0 Å². The predicted octanol–water partition coefficient (Wildman–Crippen LogP) is 4.35. The lowest BCUT2D eigenvalue weighted by atomic mass is 10.0. The molecule has 0 bridgehead atoms. The van der Waals surface area contributed by atoms with E-state index < -0.39 is 49.0 Å². The van der Waals surface area contributed by atoms with Crippen molar-refractivity contribution in [2.75, 3.05) is 11.1 Å². The second kappa shape index (κ2) is 10.0. The lowest BCUT2D eigenvalue weighted by Crippen LogP contribution is -2.14. The number of nitrogen functional groups attached to an aromatic ring is 1. The monoisotopic (exact) mass is 403 g/mol. The van der Waals surface area contributed by atoms with Crippen LogP contribution < -0.4 is 11.1 Å². The molecule has 4 N–H and O–H groups in total. The Kier molecular flexibility index (Phi) is 4.29. The van der Waals surface area contributed by atoms with Gasteiger partial charge in [-0.3, -0.25) is 4.79 Å². The second-order valence-electron chi connectivity index (χ2n) is 5.92. The van der Waals surface area contributed by atoms with E-state index in [0.717, 1.165) is 11.3 Å². The van der Waals surface area contributed by atoms with E-state index in [1.165, 1.54) is 0 Å². The molecule has 146 valence electrons. The first-order valence-electron chi connectivity index (χ1n) is 12.6. The Bertz CT molecular complexity index is 1240. The van der Waals surface area contributed by atoms with E-state index in [-0.39, 0.29) is 46.7 Å². The molecule has 0 radical (unpaired) electrons. The van der Waals surface area contributed by atoms with E-state index in [2.05, 4.69) is 10.3 Å². The van der Waals surface area contributed by atoms with Crippen LogP contribution in [0.3, 0.4) is 0 Å². The zero-order chi connectivity index (χ0) is 26.8.